The Morgan fingerprint density at radius 1 is 1.38 bits per heavy atom. The highest BCUT2D eigenvalue weighted by Gasteiger charge is 2.23. The molecule has 3 heterocycles. The van der Waals surface area contributed by atoms with Crippen LogP contribution in [0.15, 0.2) is 52.4 Å². The van der Waals surface area contributed by atoms with Crippen molar-refractivity contribution in [2.75, 3.05) is 11.1 Å². The van der Waals surface area contributed by atoms with Crippen molar-refractivity contribution in [1.82, 2.24) is 14.8 Å². The average Bonchev–Trinajstić information content (AvgIpc) is 3.38. The van der Waals surface area contributed by atoms with E-state index in [9.17, 15) is 4.79 Å². The van der Waals surface area contributed by atoms with Crippen LogP contribution in [0.2, 0.25) is 0 Å². The molecule has 0 radical (unpaired) electrons. The molecule has 1 aromatic carbocycles. The summed E-state index contributed by atoms with van der Waals surface area (Å²) in [5, 5.41) is 13.1. The number of fused-ring (bicyclic) bond motifs is 1. The van der Waals surface area contributed by atoms with Gasteiger partial charge in [-0.15, -0.1) is 10.2 Å². The van der Waals surface area contributed by atoms with Gasteiger partial charge in [-0.2, -0.15) is 0 Å². The number of benzene rings is 1. The van der Waals surface area contributed by atoms with Crippen molar-refractivity contribution in [1.29, 1.82) is 0 Å². The molecule has 1 N–H and O–H groups in total. The zero-order valence-corrected chi connectivity index (χ0v) is 15.0. The predicted molar refractivity (Wildman–Crippen MR) is 98.8 cm³/mol. The van der Waals surface area contributed by atoms with Crippen LogP contribution in [0.5, 0.6) is 0 Å². The maximum absolute atomic E-state index is 12.3. The van der Waals surface area contributed by atoms with Gasteiger partial charge in [0.25, 0.3) is 0 Å². The molecule has 0 spiro atoms. The molecule has 1 aliphatic rings. The van der Waals surface area contributed by atoms with Crippen molar-refractivity contribution in [2.45, 2.75) is 31.1 Å². The highest BCUT2D eigenvalue weighted by molar-refractivity contribution is 7.99. The minimum atomic E-state index is -0.105. The van der Waals surface area contributed by atoms with Gasteiger partial charge in [0.2, 0.25) is 5.91 Å². The highest BCUT2D eigenvalue weighted by atomic mass is 32.2. The number of thioether (sulfide) groups is 1. The van der Waals surface area contributed by atoms with Crippen molar-refractivity contribution in [3.8, 4) is 0 Å². The normalized spacial score (nSPS) is 16.1. The minimum absolute atomic E-state index is 0.0920. The number of hydrogen-bond donors (Lipinski definition) is 1. The summed E-state index contributed by atoms with van der Waals surface area (Å²) < 4.78 is 12.9. The molecule has 1 unspecified atom stereocenters. The van der Waals surface area contributed by atoms with Crippen molar-refractivity contribution in [2.24, 2.45) is 0 Å². The van der Waals surface area contributed by atoms with E-state index in [2.05, 4.69) is 15.5 Å². The van der Waals surface area contributed by atoms with Crippen molar-refractivity contribution >= 4 is 34.3 Å². The second-order valence-corrected chi connectivity index (χ2v) is 6.77. The van der Waals surface area contributed by atoms with Crippen LogP contribution < -0.4 is 5.32 Å². The number of rotatable bonds is 6. The molecule has 4 rings (SSSR count). The third kappa shape index (κ3) is 3.32. The number of anilines is 1. The lowest BCUT2D eigenvalue weighted by Gasteiger charge is -2.12. The summed E-state index contributed by atoms with van der Waals surface area (Å²) in [6, 6.07) is 7.47. The lowest BCUT2D eigenvalue weighted by Crippen LogP contribution is -2.15. The number of ether oxygens (including phenoxy) is 1. The fourth-order valence-corrected chi connectivity index (χ4v) is 3.66. The summed E-state index contributed by atoms with van der Waals surface area (Å²) >= 11 is 1.36. The number of amides is 1. The number of nitrogens with zero attached hydrogens (tertiary/aromatic N) is 3. The molecule has 1 aliphatic heterocycles. The Hall–Kier alpha value is -2.74. The summed E-state index contributed by atoms with van der Waals surface area (Å²) in [4.78, 5) is 12.3. The van der Waals surface area contributed by atoms with Gasteiger partial charge in [-0.1, -0.05) is 11.8 Å². The van der Waals surface area contributed by atoms with E-state index in [0.29, 0.717) is 5.69 Å². The van der Waals surface area contributed by atoms with Gasteiger partial charge in [0.1, 0.15) is 5.58 Å². The fraction of sp³-hybridized carbons (Fsp3) is 0.278. The Bertz CT molecular complexity index is 954. The quantitative estimate of drug-likeness (QED) is 0.666. The van der Waals surface area contributed by atoms with Gasteiger partial charge in [0.15, 0.2) is 17.1 Å². The van der Waals surface area contributed by atoms with Crippen molar-refractivity contribution in [3.05, 3.63) is 48.7 Å². The Kier molecular flexibility index (Phi) is 4.66. The van der Waals surface area contributed by atoms with Crippen LogP contribution in [0.4, 0.5) is 5.69 Å². The number of carbonyl (C=O) groups excluding carboxylic acids is 1. The highest BCUT2D eigenvalue weighted by Crippen LogP contribution is 2.28. The van der Waals surface area contributed by atoms with Crippen LogP contribution >= 0.6 is 11.8 Å². The zero-order valence-electron chi connectivity index (χ0n) is 14.2. The van der Waals surface area contributed by atoms with E-state index < -0.39 is 0 Å². The van der Waals surface area contributed by atoms with Gasteiger partial charge in [-0.3, -0.25) is 4.79 Å². The van der Waals surface area contributed by atoms with E-state index in [-0.39, 0.29) is 17.8 Å². The smallest absolute Gasteiger partial charge is 0.234 e. The van der Waals surface area contributed by atoms with E-state index in [1.807, 2.05) is 41.8 Å². The maximum Gasteiger partial charge on any atom is 0.234 e. The lowest BCUT2D eigenvalue weighted by molar-refractivity contribution is -0.113. The van der Waals surface area contributed by atoms with E-state index in [1.54, 1.807) is 12.5 Å². The average molecular weight is 370 g/mol. The topological polar surface area (TPSA) is 82.2 Å². The molecule has 0 saturated carbocycles. The van der Waals surface area contributed by atoms with Crippen molar-refractivity contribution < 1.29 is 13.9 Å². The molecule has 0 aliphatic carbocycles. The molecule has 1 amide bonds. The van der Waals surface area contributed by atoms with Gasteiger partial charge >= 0.3 is 0 Å². The molecule has 0 fully saturated rings. The number of hydrogen-bond acceptors (Lipinski definition) is 6. The molecule has 8 heteroatoms. The molecule has 0 bridgehead atoms. The third-order valence-corrected chi connectivity index (χ3v) is 5.08. The van der Waals surface area contributed by atoms with Crippen molar-refractivity contribution in [3.63, 3.8) is 0 Å². The van der Waals surface area contributed by atoms with Gasteiger partial charge in [0.05, 0.1) is 18.3 Å². The predicted octanol–water partition coefficient (Wildman–Crippen LogP) is 3.75. The summed E-state index contributed by atoms with van der Waals surface area (Å²) in [6.45, 7) is 2.75. The SMILES string of the molecule is CCn1c(SCC(=O)Nc2ccc3ccoc3c2)nnc1C1CC=CO1. The molecule has 0 saturated heterocycles. The zero-order chi connectivity index (χ0) is 17.9. The Morgan fingerprint density at radius 3 is 3.12 bits per heavy atom. The first-order valence-electron chi connectivity index (χ1n) is 8.38. The monoisotopic (exact) mass is 370 g/mol. The fourth-order valence-electron chi connectivity index (χ4n) is 2.85. The minimum Gasteiger partial charge on any atom is -0.490 e. The van der Waals surface area contributed by atoms with E-state index in [4.69, 9.17) is 9.15 Å². The van der Waals surface area contributed by atoms with Gasteiger partial charge in [-0.25, -0.2) is 0 Å². The largest absolute Gasteiger partial charge is 0.490 e. The van der Waals surface area contributed by atoms with Crippen LogP contribution in [0.3, 0.4) is 0 Å². The van der Waals surface area contributed by atoms with Gasteiger partial charge in [-0.05, 0) is 31.2 Å². The summed E-state index contributed by atoms with van der Waals surface area (Å²) in [5.41, 5.74) is 1.46. The second kappa shape index (κ2) is 7.25. The molecule has 2 aromatic heterocycles. The molecule has 3 aromatic rings. The van der Waals surface area contributed by atoms with Crippen LogP contribution in [0, 0.1) is 0 Å². The molecule has 7 nitrogen and oxygen atoms in total. The van der Waals surface area contributed by atoms with Gasteiger partial charge in [0, 0.05) is 30.1 Å². The summed E-state index contributed by atoms with van der Waals surface area (Å²) in [5.74, 6) is 0.938. The number of carbonyl (C=O) groups is 1. The first kappa shape index (κ1) is 16.7. The van der Waals surface area contributed by atoms with Crippen LogP contribution in [0.25, 0.3) is 11.0 Å². The molecular weight excluding hydrogens is 352 g/mol. The second-order valence-electron chi connectivity index (χ2n) is 5.83. The standard InChI is InChI=1S/C18H18N4O3S/c1-2-22-17(14-4-3-8-24-14)20-21-18(22)26-11-16(23)19-13-6-5-12-7-9-25-15(12)10-13/h3,5-10,14H,2,4,11H2,1H3,(H,19,23). The molecule has 134 valence electrons. The van der Waals surface area contributed by atoms with E-state index >= 15 is 0 Å². The number of nitrogens with one attached hydrogen (secondary N) is 1. The third-order valence-electron chi connectivity index (χ3n) is 4.11. The van der Waals surface area contributed by atoms with E-state index in [0.717, 1.165) is 34.9 Å². The Balaban J connectivity index is 1.39. The maximum atomic E-state index is 12.3. The summed E-state index contributed by atoms with van der Waals surface area (Å²) in [6.07, 6.45) is 5.99. The molecule has 26 heavy (non-hydrogen) atoms. The van der Waals surface area contributed by atoms with Crippen LogP contribution in [-0.4, -0.2) is 26.4 Å². The lowest BCUT2D eigenvalue weighted by atomic mass is 10.2. The van der Waals surface area contributed by atoms with Crippen LogP contribution in [-0.2, 0) is 16.1 Å². The summed E-state index contributed by atoms with van der Waals surface area (Å²) in [7, 11) is 0. The number of aromatic nitrogens is 3. The van der Waals surface area contributed by atoms with Gasteiger partial charge < -0.3 is 19.0 Å². The van der Waals surface area contributed by atoms with E-state index in [1.165, 1.54) is 11.8 Å². The first-order chi connectivity index (χ1) is 12.7. The molecular formula is C18H18N4O3S. The first-order valence-corrected chi connectivity index (χ1v) is 9.36. The number of furan rings is 1. The molecule has 1 atom stereocenters. The van der Waals surface area contributed by atoms with Crippen LogP contribution in [0.1, 0.15) is 25.3 Å². The Labute approximate surface area is 154 Å². The Morgan fingerprint density at radius 2 is 2.31 bits per heavy atom.